The third kappa shape index (κ3) is 5.18. The van der Waals surface area contributed by atoms with Gasteiger partial charge < -0.3 is 25.4 Å². The third-order valence-corrected chi connectivity index (χ3v) is 5.22. The number of carbonyl (C=O) groups excluding carboxylic acids is 1. The lowest BCUT2D eigenvalue weighted by atomic mass is 9.94. The maximum absolute atomic E-state index is 13.2. The zero-order chi connectivity index (χ0) is 22.5. The average Bonchev–Trinajstić information content (AvgIpc) is 2.71. The lowest BCUT2D eigenvalue weighted by Gasteiger charge is -2.31. The number of thiocarbonyl (C=S) groups is 1. The predicted octanol–water partition coefficient (Wildman–Crippen LogP) is 4.65. The van der Waals surface area contributed by atoms with Gasteiger partial charge in [0.1, 0.15) is 6.61 Å². The Morgan fingerprint density at radius 1 is 1.32 bits per heavy atom. The number of hydrogen-bond acceptors (Lipinski definition) is 4. The second-order valence-electron chi connectivity index (χ2n) is 7.03. The highest BCUT2D eigenvalue weighted by Crippen LogP contribution is 2.40. The van der Waals surface area contributed by atoms with E-state index in [2.05, 4.69) is 22.5 Å². The number of halogens is 1. The summed E-state index contributed by atoms with van der Waals surface area (Å²) >= 11 is 11.8. The maximum Gasteiger partial charge on any atom is 0.255 e. The molecular weight excluding hydrogens is 434 g/mol. The first-order valence-corrected chi connectivity index (χ1v) is 10.4. The zero-order valence-corrected chi connectivity index (χ0v) is 19.1. The molecule has 0 aromatic heterocycles. The molecule has 0 saturated carbocycles. The van der Waals surface area contributed by atoms with E-state index in [1.54, 1.807) is 18.2 Å². The van der Waals surface area contributed by atoms with Crippen LogP contribution in [-0.4, -0.2) is 24.7 Å². The molecule has 162 valence electrons. The molecule has 1 atom stereocenters. The number of rotatable bonds is 7. The summed E-state index contributed by atoms with van der Waals surface area (Å²) in [6, 6.07) is 10.6. The van der Waals surface area contributed by atoms with Crippen molar-refractivity contribution in [3.63, 3.8) is 0 Å². The molecule has 0 bridgehead atoms. The molecule has 3 rings (SSSR count). The van der Waals surface area contributed by atoms with E-state index in [0.717, 1.165) is 5.56 Å². The van der Waals surface area contributed by atoms with E-state index in [9.17, 15) is 4.79 Å². The standard InChI is InChI=1S/C23H24ClN3O3S/c1-5-9-30-21-17(24)11-15(12-18(21)29-4)20-19(14(3)25-23(31)27-20)22(28)26-16-8-6-7-13(2)10-16/h5-8,10-12,20H,1,9H2,2-4H3,(H,26,28)(H2,25,27,31). The van der Waals surface area contributed by atoms with Crippen LogP contribution in [0.25, 0.3) is 0 Å². The Morgan fingerprint density at radius 2 is 2.10 bits per heavy atom. The molecule has 1 amide bonds. The van der Waals surface area contributed by atoms with Crippen molar-refractivity contribution in [3.05, 3.63) is 76.5 Å². The molecule has 0 aliphatic carbocycles. The third-order valence-electron chi connectivity index (χ3n) is 4.72. The van der Waals surface area contributed by atoms with Crippen molar-refractivity contribution in [1.82, 2.24) is 10.6 Å². The van der Waals surface area contributed by atoms with Crippen molar-refractivity contribution < 1.29 is 14.3 Å². The topological polar surface area (TPSA) is 71.6 Å². The van der Waals surface area contributed by atoms with Gasteiger partial charge in [0.25, 0.3) is 5.91 Å². The fourth-order valence-electron chi connectivity index (χ4n) is 3.35. The minimum absolute atomic E-state index is 0.252. The van der Waals surface area contributed by atoms with Gasteiger partial charge in [0, 0.05) is 11.4 Å². The molecule has 0 saturated heterocycles. The van der Waals surface area contributed by atoms with Crippen LogP contribution in [0.4, 0.5) is 5.69 Å². The molecule has 2 aromatic rings. The molecule has 0 spiro atoms. The summed E-state index contributed by atoms with van der Waals surface area (Å²) in [6.07, 6.45) is 1.62. The van der Waals surface area contributed by atoms with Gasteiger partial charge in [0.05, 0.1) is 23.7 Å². The number of anilines is 1. The van der Waals surface area contributed by atoms with Gasteiger partial charge in [-0.1, -0.05) is 36.4 Å². The van der Waals surface area contributed by atoms with E-state index in [-0.39, 0.29) is 12.5 Å². The molecule has 1 aliphatic heterocycles. The molecule has 2 aromatic carbocycles. The summed E-state index contributed by atoms with van der Waals surface area (Å²) in [5.41, 5.74) is 3.62. The Kier molecular flexibility index (Phi) is 7.20. The molecule has 31 heavy (non-hydrogen) atoms. The van der Waals surface area contributed by atoms with Gasteiger partial charge in [0.15, 0.2) is 16.6 Å². The number of methoxy groups -OCH3 is 1. The Bertz CT molecular complexity index is 1070. The molecule has 1 heterocycles. The van der Waals surface area contributed by atoms with Gasteiger partial charge >= 0.3 is 0 Å². The fourth-order valence-corrected chi connectivity index (χ4v) is 3.90. The van der Waals surface area contributed by atoms with Crippen molar-refractivity contribution in [1.29, 1.82) is 0 Å². The molecular formula is C23H24ClN3O3S. The van der Waals surface area contributed by atoms with Crippen molar-refractivity contribution in [2.75, 3.05) is 19.0 Å². The normalized spacial score (nSPS) is 15.6. The highest BCUT2D eigenvalue weighted by molar-refractivity contribution is 7.80. The van der Waals surface area contributed by atoms with Crippen LogP contribution in [0.15, 0.2) is 60.3 Å². The first-order valence-electron chi connectivity index (χ1n) is 9.61. The van der Waals surface area contributed by atoms with E-state index < -0.39 is 6.04 Å². The lowest BCUT2D eigenvalue weighted by molar-refractivity contribution is -0.113. The molecule has 3 N–H and O–H groups in total. The summed E-state index contributed by atoms with van der Waals surface area (Å²) in [5, 5.41) is 9.92. The van der Waals surface area contributed by atoms with Crippen LogP contribution in [0, 0.1) is 6.92 Å². The number of nitrogens with one attached hydrogen (secondary N) is 3. The largest absolute Gasteiger partial charge is 0.493 e. The highest BCUT2D eigenvalue weighted by atomic mass is 35.5. The second-order valence-corrected chi connectivity index (χ2v) is 7.84. The molecule has 8 heteroatoms. The van der Waals surface area contributed by atoms with Crippen LogP contribution in [0.3, 0.4) is 0 Å². The summed E-state index contributed by atoms with van der Waals surface area (Å²) in [4.78, 5) is 13.2. The van der Waals surface area contributed by atoms with Crippen LogP contribution < -0.4 is 25.4 Å². The summed E-state index contributed by atoms with van der Waals surface area (Å²) in [7, 11) is 1.53. The van der Waals surface area contributed by atoms with Gasteiger partial charge in [-0.3, -0.25) is 4.79 Å². The van der Waals surface area contributed by atoms with Gasteiger partial charge in [-0.05, 0) is 61.5 Å². The highest BCUT2D eigenvalue weighted by Gasteiger charge is 2.31. The Morgan fingerprint density at radius 3 is 2.77 bits per heavy atom. The zero-order valence-electron chi connectivity index (χ0n) is 17.5. The quantitative estimate of drug-likeness (QED) is 0.415. The van der Waals surface area contributed by atoms with Gasteiger partial charge in [-0.25, -0.2) is 0 Å². The second kappa shape index (κ2) is 9.85. The smallest absolute Gasteiger partial charge is 0.255 e. The van der Waals surface area contributed by atoms with Crippen LogP contribution in [0.2, 0.25) is 5.02 Å². The van der Waals surface area contributed by atoms with E-state index in [1.807, 2.05) is 38.1 Å². The monoisotopic (exact) mass is 457 g/mol. The van der Waals surface area contributed by atoms with Crippen molar-refractivity contribution >= 4 is 40.5 Å². The number of hydrogen-bond donors (Lipinski definition) is 3. The molecule has 0 fully saturated rings. The number of aryl methyl sites for hydroxylation is 1. The van der Waals surface area contributed by atoms with E-state index in [4.69, 9.17) is 33.3 Å². The van der Waals surface area contributed by atoms with Crippen LogP contribution >= 0.6 is 23.8 Å². The number of carbonyl (C=O) groups is 1. The number of amides is 1. The average molecular weight is 458 g/mol. The minimum Gasteiger partial charge on any atom is -0.493 e. The van der Waals surface area contributed by atoms with Crippen molar-refractivity contribution in [3.8, 4) is 11.5 Å². The first kappa shape index (κ1) is 22.7. The van der Waals surface area contributed by atoms with Gasteiger partial charge in [-0.2, -0.15) is 0 Å². The van der Waals surface area contributed by atoms with E-state index in [1.165, 1.54) is 7.11 Å². The van der Waals surface area contributed by atoms with Gasteiger partial charge in [-0.15, -0.1) is 0 Å². The van der Waals surface area contributed by atoms with Gasteiger partial charge in [0.2, 0.25) is 0 Å². The number of allylic oxidation sites excluding steroid dienone is 1. The first-order chi connectivity index (χ1) is 14.8. The van der Waals surface area contributed by atoms with Crippen LogP contribution in [0.5, 0.6) is 11.5 Å². The van der Waals surface area contributed by atoms with Crippen molar-refractivity contribution in [2.45, 2.75) is 19.9 Å². The van der Waals surface area contributed by atoms with E-state index >= 15 is 0 Å². The Labute approximate surface area is 192 Å². The van der Waals surface area contributed by atoms with Crippen LogP contribution in [0.1, 0.15) is 24.1 Å². The summed E-state index contributed by atoms with van der Waals surface area (Å²) in [6.45, 7) is 7.71. The molecule has 6 nitrogen and oxygen atoms in total. The molecule has 1 aliphatic rings. The van der Waals surface area contributed by atoms with Crippen LogP contribution in [-0.2, 0) is 4.79 Å². The lowest BCUT2D eigenvalue weighted by Crippen LogP contribution is -2.45. The predicted molar refractivity (Wildman–Crippen MR) is 128 cm³/mol. The van der Waals surface area contributed by atoms with Crippen molar-refractivity contribution in [2.24, 2.45) is 0 Å². The number of benzene rings is 2. The minimum atomic E-state index is -0.529. The fraction of sp³-hybridized carbons (Fsp3) is 0.217. The van der Waals surface area contributed by atoms with E-state index in [0.29, 0.717) is 44.2 Å². The summed E-state index contributed by atoms with van der Waals surface area (Å²) in [5.74, 6) is 0.611. The Balaban J connectivity index is 2.00. The Hall–Kier alpha value is -3.03. The maximum atomic E-state index is 13.2. The number of ether oxygens (including phenoxy) is 2. The molecule has 1 unspecified atom stereocenters. The summed E-state index contributed by atoms with van der Waals surface area (Å²) < 4.78 is 11.1. The SMILES string of the molecule is C=CCOc1c(Cl)cc(C2NC(=S)NC(C)=C2C(=O)Nc2cccc(C)c2)cc1OC. The molecule has 0 radical (unpaired) electrons.